The molecule has 1 N–H and O–H groups in total. The van der Waals surface area contributed by atoms with Gasteiger partial charge in [0.05, 0.1) is 11.9 Å². The summed E-state index contributed by atoms with van der Waals surface area (Å²) in [5, 5.41) is 10.5. The van der Waals surface area contributed by atoms with Crippen LogP contribution in [0.3, 0.4) is 0 Å². The molecule has 3 aromatic rings. The average Bonchev–Trinajstić information content (AvgIpc) is 3.04. The van der Waals surface area contributed by atoms with E-state index in [-0.39, 0.29) is 17.4 Å². The second-order valence-electron chi connectivity index (χ2n) is 5.20. The van der Waals surface area contributed by atoms with Gasteiger partial charge in [0.15, 0.2) is 5.69 Å². The van der Waals surface area contributed by atoms with Crippen molar-refractivity contribution in [2.75, 3.05) is 0 Å². The van der Waals surface area contributed by atoms with Gasteiger partial charge in [0.25, 0.3) is 5.91 Å². The fraction of sp³-hybridized carbons (Fsp3) is 0.118. The molecule has 0 saturated heterocycles. The summed E-state index contributed by atoms with van der Waals surface area (Å²) in [4.78, 5) is 12.1. The van der Waals surface area contributed by atoms with Gasteiger partial charge in [-0.1, -0.05) is 41.1 Å². The number of aromatic nitrogens is 3. The van der Waals surface area contributed by atoms with Crippen LogP contribution in [-0.2, 0) is 6.54 Å². The Kier molecular flexibility index (Phi) is 4.14. The van der Waals surface area contributed by atoms with Crippen molar-refractivity contribution in [3.05, 3.63) is 77.4 Å². The van der Waals surface area contributed by atoms with Crippen molar-refractivity contribution in [2.24, 2.45) is 0 Å². The van der Waals surface area contributed by atoms with E-state index in [4.69, 9.17) is 0 Å². The summed E-state index contributed by atoms with van der Waals surface area (Å²) in [5.41, 5.74) is 2.86. The average molecular weight is 310 g/mol. The number of halogens is 1. The number of rotatable bonds is 4. The van der Waals surface area contributed by atoms with Crippen LogP contribution in [0.5, 0.6) is 0 Å². The lowest BCUT2D eigenvalue weighted by molar-refractivity contribution is 0.0946. The summed E-state index contributed by atoms with van der Waals surface area (Å²) in [7, 11) is 0. The molecular formula is C17H15FN4O. The van der Waals surface area contributed by atoms with E-state index in [0.717, 1.165) is 11.1 Å². The Labute approximate surface area is 132 Å². The third kappa shape index (κ3) is 3.60. The Morgan fingerprint density at radius 2 is 2.00 bits per heavy atom. The molecule has 0 bridgehead atoms. The van der Waals surface area contributed by atoms with Crippen LogP contribution in [0.1, 0.15) is 21.6 Å². The van der Waals surface area contributed by atoms with Gasteiger partial charge in [-0.15, -0.1) is 5.10 Å². The molecule has 1 aromatic heterocycles. The van der Waals surface area contributed by atoms with Crippen LogP contribution in [0.15, 0.2) is 54.7 Å². The molecule has 0 spiro atoms. The Bertz CT molecular complexity index is 827. The minimum absolute atomic E-state index is 0.182. The zero-order chi connectivity index (χ0) is 16.2. The standard InChI is InChI=1S/C17H15FN4O/c1-12-5-7-13(8-6-12)10-19-17(23)16-11-22(21-20-16)15-4-2-3-14(18)9-15/h2-9,11H,10H2,1H3,(H,19,23). The highest BCUT2D eigenvalue weighted by molar-refractivity contribution is 5.91. The van der Waals surface area contributed by atoms with Gasteiger partial charge in [-0.05, 0) is 30.7 Å². The molecule has 116 valence electrons. The van der Waals surface area contributed by atoms with E-state index in [1.807, 2.05) is 31.2 Å². The van der Waals surface area contributed by atoms with E-state index in [2.05, 4.69) is 15.6 Å². The van der Waals surface area contributed by atoms with Crippen molar-refractivity contribution < 1.29 is 9.18 Å². The molecule has 5 nitrogen and oxygen atoms in total. The third-order valence-corrected chi connectivity index (χ3v) is 3.37. The van der Waals surface area contributed by atoms with Gasteiger partial charge < -0.3 is 5.32 Å². The first kappa shape index (κ1) is 14.9. The smallest absolute Gasteiger partial charge is 0.273 e. The summed E-state index contributed by atoms with van der Waals surface area (Å²) in [5.74, 6) is -0.698. The summed E-state index contributed by atoms with van der Waals surface area (Å²) < 4.78 is 14.6. The van der Waals surface area contributed by atoms with E-state index in [9.17, 15) is 9.18 Å². The Morgan fingerprint density at radius 3 is 2.74 bits per heavy atom. The number of nitrogens with zero attached hydrogens (tertiary/aromatic N) is 3. The second-order valence-corrected chi connectivity index (χ2v) is 5.20. The van der Waals surface area contributed by atoms with Crippen molar-refractivity contribution in [1.29, 1.82) is 0 Å². The lowest BCUT2D eigenvalue weighted by Gasteiger charge is -2.03. The monoisotopic (exact) mass is 310 g/mol. The molecule has 0 aliphatic rings. The van der Waals surface area contributed by atoms with Gasteiger partial charge >= 0.3 is 0 Å². The first-order valence-corrected chi connectivity index (χ1v) is 7.14. The summed E-state index contributed by atoms with van der Waals surface area (Å²) in [6.07, 6.45) is 1.47. The zero-order valence-electron chi connectivity index (χ0n) is 12.5. The van der Waals surface area contributed by atoms with Crippen molar-refractivity contribution in [3.8, 4) is 5.69 Å². The molecule has 0 radical (unpaired) electrons. The Hall–Kier alpha value is -3.02. The van der Waals surface area contributed by atoms with E-state index in [0.29, 0.717) is 12.2 Å². The molecule has 0 aliphatic heterocycles. The van der Waals surface area contributed by atoms with Crippen LogP contribution >= 0.6 is 0 Å². The molecule has 6 heteroatoms. The third-order valence-electron chi connectivity index (χ3n) is 3.37. The van der Waals surface area contributed by atoms with Crippen LogP contribution in [0, 0.1) is 12.7 Å². The van der Waals surface area contributed by atoms with Gasteiger partial charge in [-0.3, -0.25) is 4.79 Å². The highest BCUT2D eigenvalue weighted by atomic mass is 19.1. The molecule has 0 atom stereocenters. The van der Waals surface area contributed by atoms with Crippen molar-refractivity contribution in [2.45, 2.75) is 13.5 Å². The zero-order valence-corrected chi connectivity index (χ0v) is 12.5. The van der Waals surface area contributed by atoms with E-state index < -0.39 is 0 Å². The van der Waals surface area contributed by atoms with Crippen molar-refractivity contribution >= 4 is 5.91 Å². The van der Waals surface area contributed by atoms with Crippen LogP contribution < -0.4 is 5.32 Å². The molecular weight excluding hydrogens is 295 g/mol. The van der Waals surface area contributed by atoms with Crippen LogP contribution in [0.4, 0.5) is 4.39 Å². The second kappa shape index (κ2) is 6.39. The fourth-order valence-corrected chi connectivity index (χ4v) is 2.09. The number of carbonyl (C=O) groups excluding carboxylic acids is 1. The Morgan fingerprint density at radius 1 is 1.22 bits per heavy atom. The number of benzene rings is 2. The van der Waals surface area contributed by atoms with Crippen molar-refractivity contribution in [1.82, 2.24) is 20.3 Å². The maximum absolute atomic E-state index is 13.2. The van der Waals surface area contributed by atoms with Crippen LogP contribution in [-0.4, -0.2) is 20.9 Å². The first-order valence-electron chi connectivity index (χ1n) is 7.14. The maximum Gasteiger partial charge on any atom is 0.273 e. The SMILES string of the molecule is Cc1ccc(CNC(=O)c2cn(-c3cccc(F)c3)nn2)cc1. The molecule has 0 fully saturated rings. The van der Waals surface area contributed by atoms with Gasteiger partial charge in [-0.2, -0.15) is 0 Å². The predicted octanol–water partition coefficient (Wildman–Crippen LogP) is 2.64. The number of hydrogen-bond acceptors (Lipinski definition) is 3. The van der Waals surface area contributed by atoms with E-state index >= 15 is 0 Å². The fourth-order valence-electron chi connectivity index (χ4n) is 2.09. The normalized spacial score (nSPS) is 10.5. The largest absolute Gasteiger partial charge is 0.347 e. The number of carbonyl (C=O) groups is 1. The number of nitrogens with one attached hydrogen (secondary N) is 1. The van der Waals surface area contributed by atoms with Gasteiger partial charge in [0, 0.05) is 6.54 Å². The van der Waals surface area contributed by atoms with Gasteiger partial charge in [0.2, 0.25) is 0 Å². The lowest BCUT2D eigenvalue weighted by Crippen LogP contribution is -2.23. The lowest BCUT2D eigenvalue weighted by atomic mass is 10.1. The molecule has 2 aromatic carbocycles. The predicted molar refractivity (Wildman–Crippen MR) is 83.7 cm³/mol. The minimum Gasteiger partial charge on any atom is -0.347 e. The first-order chi connectivity index (χ1) is 11.1. The molecule has 1 amide bonds. The molecule has 23 heavy (non-hydrogen) atoms. The Balaban J connectivity index is 1.67. The molecule has 1 heterocycles. The number of hydrogen-bond donors (Lipinski definition) is 1. The molecule has 0 aliphatic carbocycles. The van der Waals surface area contributed by atoms with Gasteiger partial charge in [0.1, 0.15) is 5.82 Å². The van der Waals surface area contributed by atoms with Gasteiger partial charge in [-0.25, -0.2) is 9.07 Å². The summed E-state index contributed by atoms with van der Waals surface area (Å²) >= 11 is 0. The summed E-state index contributed by atoms with van der Waals surface area (Å²) in [6, 6.07) is 13.8. The quantitative estimate of drug-likeness (QED) is 0.806. The van der Waals surface area contributed by atoms with E-state index in [1.165, 1.54) is 23.0 Å². The summed E-state index contributed by atoms with van der Waals surface area (Å²) in [6.45, 7) is 2.42. The highest BCUT2D eigenvalue weighted by Crippen LogP contribution is 2.09. The molecule has 3 rings (SSSR count). The number of aryl methyl sites for hydroxylation is 1. The highest BCUT2D eigenvalue weighted by Gasteiger charge is 2.11. The molecule has 0 unspecified atom stereocenters. The maximum atomic E-state index is 13.2. The van der Waals surface area contributed by atoms with Crippen LogP contribution in [0.25, 0.3) is 5.69 Å². The van der Waals surface area contributed by atoms with Crippen molar-refractivity contribution in [3.63, 3.8) is 0 Å². The topological polar surface area (TPSA) is 59.8 Å². The van der Waals surface area contributed by atoms with E-state index in [1.54, 1.807) is 12.1 Å². The molecule has 0 saturated carbocycles. The number of amides is 1. The minimum atomic E-state index is -0.372. The van der Waals surface area contributed by atoms with Crippen LogP contribution in [0.2, 0.25) is 0 Å².